The molecular weight excluding hydrogens is 265 g/mol. The first kappa shape index (κ1) is 14.0. The first-order valence-corrected chi connectivity index (χ1v) is 6.66. The highest BCUT2D eigenvalue weighted by Crippen LogP contribution is 2.22. The Kier molecular flexibility index (Phi) is 4.52. The molecule has 0 aliphatic rings. The van der Waals surface area contributed by atoms with Crippen LogP contribution in [-0.2, 0) is 5.75 Å². The molecule has 2 aromatic rings. The van der Waals surface area contributed by atoms with Gasteiger partial charge in [0.2, 0.25) is 0 Å². The molecule has 0 aliphatic carbocycles. The summed E-state index contributed by atoms with van der Waals surface area (Å²) in [6.07, 6.45) is 1.60. The summed E-state index contributed by atoms with van der Waals surface area (Å²) in [5, 5.41) is 19.2. The van der Waals surface area contributed by atoms with Crippen LogP contribution < -0.4 is 10.2 Å². The molecule has 2 rings (SSSR count). The summed E-state index contributed by atoms with van der Waals surface area (Å²) in [5.74, 6) is 1.08. The second kappa shape index (κ2) is 6.14. The third kappa shape index (κ3) is 3.53. The van der Waals surface area contributed by atoms with Crippen LogP contribution in [0, 0.1) is 6.92 Å². The molecule has 0 unspecified atom stereocenters. The number of aromatic nitrogens is 1. The zero-order chi connectivity index (χ0) is 13.8. The molecule has 5 nitrogen and oxygen atoms in total. The van der Waals surface area contributed by atoms with E-state index in [1.54, 1.807) is 18.4 Å². The molecule has 0 saturated carbocycles. The van der Waals surface area contributed by atoms with Crippen molar-refractivity contribution in [3.63, 3.8) is 0 Å². The molecule has 7 heteroatoms. The first-order chi connectivity index (χ1) is 9.10. The van der Waals surface area contributed by atoms with Crippen LogP contribution in [0.4, 0.5) is 0 Å². The molecule has 0 amide bonds. The van der Waals surface area contributed by atoms with Gasteiger partial charge in [0.25, 0.3) is 5.22 Å². The van der Waals surface area contributed by atoms with E-state index in [0.717, 1.165) is 11.3 Å². The summed E-state index contributed by atoms with van der Waals surface area (Å²) in [7, 11) is -0.0607. The van der Waals surface area contributed by atoms with Crippen molar-refractivity contribution in [1.29, 1.82) is 0 Å². The molecule has 0 spiro atoms. The summed E-state index contributed by atoms with van der Waals surface area (Å²) in [4.78, 5) is 4.19. The fourth-order valence-corrected chi connectivity index (χ4v) is 2.41. The van der Waals surface area contributed by atoms with Crippen LogP contribution in [0.25, 0.3) is 0 Å². The SMILES string of the molecule is COc1ccc(CSc2nc(C)co2)cc1B(O)O. The molecule has 1 aromatic heterocycles. The Labute approximate surface area is 115 Å². The number of thioether (sulfide) groups is 1. The van der Waals surface area contributed by atoms with Gasteiger partial charge >= 0.3 is 7.12 Å². The van der Waals surface area contributed by atoms with E-state index in [0.29, 0.717) is 22.2 Å². The Balaban J connectivity index is 2.10. The maximum Gasteiger partial charge on any atom is 0.492 e. The maximum absolute atomic E-state index is 9.29. The molecule has 2 N–H and O–H groups in total. The van der Waals surface area contributed by atoms with Crippen LogP contribution in [0.1, 0.15) is 11.3 Å². The predicted octanol–water partition coefficient (Wildman–Crippen LogP) is 0.964. The predicted molar refractivity (Wildman–Crippen MR) is 73.6 cm³/mol. The average molecular weight is 279 g/mol. The Hall–Kier alpha value is -1.44. The van der Waals surface area contributed by atoms with E-state index >= 15 is 0 Å². The van der Waals surface area contributed by atoms with Crippen molar-refractivity contribution in [3.8, 4) is 5.75 Å². The van der Waals surface area contributed by atoms with Crippen molar-refractivity contribution in [2.45, 2.75) is 17.9 Å². The van der Waals surface area contributed by atoms with E-state index < -0.39 is 7.12 Å². The zero-order valence-electron chi connectivity index (χ0n) is 10.7. The van der Waals surface area contributed by atoms with Gasteiger partial charge < -0.3 is 19.2 Å². The van der Waals surface area contributed by atoms with Crippen molar-refractivity contribution >= 4 is 24.3 Å². The Morgan fingerprint density at radius 1 is 1.42 bits per heavy atom. The van der Waals surface area contributed by atoms with Crippen molar-refractivity contribution in [3.05, 3.63) is 35.7 Å². The van der Waals surface area contributed by atoms with Crippen LogP contribution in [0.3, 0.4) is 0 Å². The van der Waals surface area contributed by atoms with Gasteiger partial charge in [0.1, 0.15) is 12.0 Å². The number of rotatable bonds is 5. The fraction of sp³-hybridized carbons (Fsp3) is 0.250. The van der Waals surface area contributed by atoms with Crippen LogP contribution in [0.15, 0.2) is 34.1 Å². The van der Waals surface area contributed by atoms with E-state index in [4.69, 9.17) is 9.15 Å². The van der Waals surface area contributed by atoms with Gasteiger partial charge in [0.05, 0.1) is 12.8 Å². The number of oxazole rings is 1. The van der Waals surface area contributed by atoms with Gasteiger partial charge in [-0.25, -0.2) is 4.98 Å². The zero-order valence-corrected chi connectivity index (χ0v) is 11.5. The summed E-state index contributed by atoms with van der Waals surface area (Å²) < 4.78 is 10.3. The normalized spacial score (nSPS) is 10.5. The molecule has 100 valence electrons. The Morgan fingerprint density at radius 3 is 2.79 bits per heavy atom. The van der Waals surface area contributed by atoms with Crippen molar-refractivity contribution < 1.29 is 19.2 Å². The number of ether oxygens (including phenoxy) is 1. The minimum atomic E-state index is -1.55. The maximum atomic E-state index is 9.29. The summed E-state index contributed by atoms with van der Waals surface area (Å²) in [6, 6.07) is 5.28. The Bertz CT molecular complexity index is 558. The third-order valence-electron chi connectivity index (χ3n) is 2.53. The van der Waals surface area contributed by atoms with Crippen LogP contribution in [0.2, 0.25) is 0 Å². The standard InChI is InChI=1S/C12H14BNO4S/c1-8-6-18-12(14-8)19-7-9-3-4-11(17-2)10(5-9)13(15)16/h3-6,15-16H,7H2,1-2H3. The van der Waals surface area contributed by atoms with Crippen LogP contribution >= 0.6 is 11.8 Å². The largest absolute Gasteiger partial charge is 0.497 e. The number of methoxy groups -OCH3 is 1. The molecule has 1 heterocycles. The van der Waals surface area contributed by atoms with Gasteiger partial charge in [-0.2, -0.15) is 0 Å². The highest BCUT2D eigenvalue weighted by atomic mass is 32.2. The monoisotopic (exact) mass is 279 g/mol. The van der Waals surface area contributed by atoms with Crippen LogP contribution in [0.5, 0.6) is 5.75 Å². The summed E-state index contributed by atoms with van der Waals surface area (Å²) >= 11 is 1.45. The minimum absolute atomic E-state index is 0.351. The summed E-state index contributed by atoms with van der Waals surface area (Å²) in [5.41, 5.74) is 2.12. The van der Waals surface area contributed by atoms with Gasteiger partial charge in [0, 0.05) is 11.2 Å². The van der Waals surface area contributed by atoms with Gasteiger partial charge in [-0.3, -0.25) is 0 Å². The van der Waals surface area contributed by atoms with E-state index in [9.17, 15) is 10.0 Å². The van der Waals surface area contributed by atoms with E-state index in [-0.39, 0.29) is 0 Å². The van der Waals surface area contributed by atoms with E-state index in [1.165, 1.54) is 18.9 Å². The molecule has 0 fully saturated rings. The van der Waals surface area contributed by atoms with Gasteiger partial charge in [0.15, 0.2) is 0 Å². The van der Waals surface area contributed by atoms with Crippen molar-refractivity contribution in [2.75, 3.05) is 7.11 Å². The molecular formula is C12H14BNO4S. The van der Waals surface area contributed by atoms with E-state index in [1.807, 2.05) is 13.0 Å². The lowest BCUT2D eigenvalue weighted by Crippen LogP contribution is -2.31. The number of hydrogen-bond donors (Lipinski definition) is 2. The highest BCUT2D eigenvalue weighted by molar-refractivity contribution is 7.98. The number of aryl methyl sites for hydroxylation is 1. The quantitative estimate of drug-likeness (QED) is 0.627. The first-order valence-electron chi connectivity index (χ1n) is 5.68. The van der Waals surface area contributed by atoms with Crippen LogP contribution in [-0.4, -0.2) is 29.3 Å². The van der Waals surface area contributed by atoms with E-state index in [2.05, 4.69) is 4.98 Å². The second-order valence-corrected chi connectivity index (χ2v) is 4.92. The van der Waals surface area contributed by atoms with Crippen molar-refractivity contribution in [2.24, 2.45) is 0 Å². The Morgan fingerprint density at radius 2 is 2.21 bits per heavy atom. The van der Waals surface area contributed by atoms with Crippen molar-refractivity contribution in [1.82, 2.24) is 4.98 Å². The number of hydrogen-bond acceptors (Lipinski definition) is 6. The molecule has 0 saturated heterocycles. The van der Waals surface area contributed by atoms with Gasteiger partial charge in [-0.15, -0.1) is 0 Å². The van der Waals surface area contributed by atoms with Gasteiger partial charge in [-0.1, -0.05) is 23.9 Å². The smallest absolute Gasteiger partial charge is 0.492 e. The number of benzene rings is 1. The summed E-state index contributed by atoms with van der Waals surface area (Å²) in [6.45, 7) is 1.86. The molecule has 0 atom stereocenters. The topological polar surface area (TPSA) is 75.7 Å². The lowest BCUT2D eigenvalue weighted by molar-refractivity contribution is 0.403. The molecule has 19 heavy (non-hydrogen) atoms. The highest BCUT2D eigenvalue weighted by Gasteiger charge is 2.17. The van der Waals surface area contributed by atoms with Gasteiger partial charge in [-0.05, 0) is 18.6 Å². The second-order valence-electron chi connectivity index (χ2n) is 3.99. The minimum Gasteiger partial charge on any atom is -0.497 e. The lowest BCUT2D eigenvalue weighted by atomic mass is 9.79. The lowest BCUT2D eigenvalue weighted by Gasteiger charge is -2.09. The average Bonchev–Trinajstić information content (AvgIpc) is 2.81. The molecule has 0 radical (unpaired) electrons. The third-order valence-corrected chi connectivity index (χ3v) is 3.44. The number of nitrogens with zero attached hydrogens (tertiary/aromatic N) is 1. The molecule has 0 aliphatic heterocycles. The molecule has 1 aromatic carbocycles. The molecule has 0 bridgehead atoms. The fourth-order valence-electron chi connectivity index (χ4n) is 1.62.